The predicted molar refractivity (Wildman–Crippen MR) is 121 cm³/mol. The van der Waals surface area contributed by atoms with E-state index in [1.807, 2.05) is 18.2 Å². The lowest BCUT2D eigenvalue weighted by molar-refractivity contribution is 0.298. The highest BCUT2D eigenvalue weighted by molar-refractivity contribution is 7.88. The Bertz CT molecular complexity index is 1380. The minimum absolute atomic E-state index is 0.105. The van der Waals surface area contributed by atoms with Crippen LogP contribution in [0.1, 0.15) is 22.3 Å². The molecule has 2 aromatic carbocycles. The van der Waals surface area contributed by atoms with Gasteiger partial charge < -0.3 is 9.30 Å². The Balaban J connectivity index is 1.48. The van der Waals surface area contributed by atoms with Crippen molar-refractivity contribution in [3.05, 3.63) is 97.9 Å². The first-order valence-electron chi connectivity index (χ1n) is 10.1. The highest BCUT2D eigenvalue weighted by Gasteiger charge is 2.23. The summed E-state index contributed by atoms with van der Waals surface area (Å²) in [6.45, 7) is 0.821. The van der Waals surface area contributed by atoms with Crippen molar-refractivity contribution in [2.75, 3.05) is 12.8 Å². The third kappa shape index (κ3) is 5.26. The molecule has 10 heteroatoms. The molecule has 0 spiro atoms. The van der Waals surface area contributed by atoms with E-state index in [1.54, 1.807) is 0 Å². The van der Waals surface area contributed by atoms with Gasteiger partial charge in [0.05, 0.1) is 12.8 Å². The molecule has 0 atom stereocenters. The van der Waals surface area contributed by atoms with Crippen LogP contribution < -0.4 is 10.3 Å². The van der Waals surface area contributed by atoms with Crippen LogP contribution in [0.2, 0.25) is 5.02 Å². The van der Waals surface area contributed by atoms with E-state index >= 15 is 0 Å². The lowest BCUT2D eigenvalue weighted by atomic mass is 9.98. The third-order valence-corrected chi connectivity index (χ3v) is 7.14. The maximum atomic E-state index is 13.8. The Morgan fingerprint density at radius 3 is 2.61 bits per heavy atom. The monoisotopic (exact) mass is 494 g/mol. The van der Waals surface area contributed by atoms with Crippen molar-refractivity contribution in [3.63, 3.8) is 0 Å². The predicted octanol–water partition coefficient (Wildman–Crippen LogP) is 3.72. The summed E-state index contributed by atoms with van der Waals surface area (Å²) < 4.78 is 58.8. The van der Waals surface area contributed by atoms with Crippen molar-refractivity contribution in [2.45, 2.75) is 26.1 Å². The van der Waals surface area contributed by atoms with Crippen LogP contribution in [-0.4, -0.2) is 30.1 Å². The average Bonchev–Trinajstić information content (AvgIpc) is 2.76. The third-order valence-electron chi connectivity index (χ3n) is 5.54. The number of hydrogen-bond donors (Lipinski definition) is 0. The van der Waals surface area contributed by atoms with E-state index in [0.29, 0.717) is 19.5 Å². The van der Waals surface area contributed by atoms with Crippen LogP contribution in [-0.2, 0) is 36.1 Å². The van der Waals surface area contributed by atoms with Gasteiger partial charge in [0.1, 0.15) is 29.0 Å². The van der Waals surface area contributed by atoms with E-state index in [9.17, 15) is 22.0 Å². The van der Waals surface area contributed by atoms with Crippen LogP contribution in [0.5, 0.6) is 5.75 Å². The summed E-state index contributed by atoms with van der Waals surface area (Å²) in [6.07, 6.45) is 3.33. The van der Waals surface area contributed by atoms with Crippen molar-refractivity contribution in [1.29, 1.82) is 0 Å². The van der Waals surface area contributed by atoms with Gasteiger partial charge in [0.2, 0.25) is 10.0 Å². The molecule has 6 nitrogen and oxygen atoms in total. The SMILES string of the molecule is CS(=O)(=O)N1CCc2cc(Cn3ccc(OCc4ccc(F)cc4F)c(Cl)c3=O)ccc2C1. The number of halogens is 3. The number of fused-ring (bicyclic) bond motifs is 1. The molecule has 33 heavy (non-hydrogen) atoms. The number of aromatic nitrogens is 1. The second-order valence-corrected chi connectivity index (χ2v) is 10.3. The maximum absolute atomic E-state index is 13.8. The van der Waals surface area contributed by atoms with Gasteiger partial charge in [-0.05, 0) is 41.3 Å². The first kappa shape index (κ1) is 23.4. The Hall–Kier alpha value is -2.75. The number of hydrogen-bond acceptors (Lipinski definition) is 4. The summed E-state index contributed by atoms with van der Waals surface area (Å²) in [5.74, 6) is -1.33. The number of ether oxygens (including phenoxy) is 1. The Labute approximate surface area is 195 Å². The van der Waals surface area contributed by atoms with E-state index in [1.165, 1.54) is 33.5 Å². The molecule has 0 radical (unpaired) electrons. The first-order valence-corrected chi connectivity index (χ1v) is 12.4. The van der Waals surface area contributed by atoms with Crippen LogP contribution in [0.4, 0.5) is 8.78 Å². The van der Waals surface area contributed by atoms with Crippen molar-refractivity contribution < 1.29 is 21.9 Å². The van der Waals surface area contributed by atoms with Crippen molar-refractivity contribution >= 4 is 21.6 Å². The molecule has 0 saturated carbocycles. The van der Waals surface area contributed by atoms with Crippen molar-refractivity contribution in [2.24, 2.45) is 0 Å². The first-order chi connectivity index (χ1) is 15.6. The summed E-state index contributed by atoms with van der Waals surface area (Å²) in [5, 5.41) is -0.137. The van der Waals surface area contributed by atoms with Gasteiger partial charge in [-0.15, -0.1) is 0 Å². The molecule has 0 N–H and O–H groups in total. The fourth-order valence-corrected chi connectivity index (χ4v) is 4.74. The van der Waals surface area contributed by atoms with E-state index in [-0.39, 0.29) is 29.5 Å². The summed E-state index contributed by atoms with van der Waals surface area (Å²) in [5.41, 5.74) is 2.54. The molecule has 3 aromatic rings. The molecule has 0 aliphatic carbocycles. The fraction of sp³-hybridized carbons (Fsp3) is 0.261. The van der Waals surface area contributed by atoms with Crippen LogP contribution >= 0.6 is 11.6 Å². The smallest absolute Gasteiger partial charge is 0.273 e. The topological polar surface area (TPSA) is 68.6 Å². The van der Waals surface area contributed by atoms with Gasteiger partial charge in [-0.1, -0.05) is 29.8 Å². The fourth-order valence-electron chi connectivity index (χ4n) is 3.72. The molecular formula is C23H21ClF2N2O4S. The van der Waals surface area contributed by atoms with Crippen molar-refractivity contribution in [1.82, 2.24) is 8.87 Å². The molecule has 174 valence electrons. The number of benzene rings is 2. The molecule has 0 bridgehead atoms. The second kappa shape index (κ2) is 9.24. The molecule has 1 aliphatic rings. The van der Waals surface area contributed by atoms with Crippen molar-refractivity contribution in [3.8, 4) is 5.75 Å². The lowest BCUT2D eigenvalue weighted by Gasteiger charge is -2.27. The summed E-state index contributed by atoms with van der Waals surface area (Å²) in [4.78, 5) is 12.7. The minimum atomic E-state index is -3.24. The highest BCUT2D eigenvalue weighted by atomic mass is 35.5. The van der Waals surface area contributed by atoms with Gasteiger partial charge in [-0.3, -0.25) is 4.79 Å². The Kier molecular flexibility index (Phi) is 6.56. The van der Waals surface area contributed by atoms with Gasteiger partial charge in [0.15, 0.2) is 0 Å². The summed E-state index contributed by atoms with van der Waals surface area (Å²) in [6, 6.07) is 10.4. The summed E-state index contributed by atoms with van der Waals surface area (Å²) >= 11 is 6.20. The van der Waals surface area contributed by atoms with Gasteiger partial charge in [-0.2, -0.15) is 4.31 Å². The molecule has 0 saturated heterocycles. The zero-order chi connectivity index (χ0) is 23.8. The Morgan fingerprint density at radius 1 is 1.09 bits per heavy atom. The Morgan fingerprint density at radius 2 is 1.88 bits per heavy atom. The van der Waals surface area contributed by atoms with Gasteiger partial charge in [-0.25, -0.2) is 17.2 Å². The molecule has 0 unspecified atom stereocenters. The largest absolute Gasteiger partial charge is 0.487 e. The molecule has 0 fully saturated rings. The molecule has 4 rings (SSSR count). The molecule has 1 aliphatic heterocycles. The molecule has 0 amide bonds. The van der Waals surface area contributed by atoms with Crippen LogP contribution in [0.15, 0.2) is 53.5 Å². The van der Waals surface area contributed by atoms with E-state index < -0.39 is 27.2 Å². The lowest BCUT2D eigenvalue weighted by Crippen LogP contribution is -2.35. The maximum Gasteiger partial charge on any atom is 0.273 e. The molecule has 1 aromatic heterocycles. The van der Waals surface area contributed by atoms with Crippen LogP contribution in [0, 0.1) is 11.6 Å². The number of pyridine rings is 1. The normalized spacial score (nSPS) is 14.2. The zero-order valence-corrected chi connectivity index (χ0v) is 19.3. The standard InChI is InChI=1S/C23H21ClF2N2O4S/c1-33(30,31)28-9-6-16-10-15(2-3-17(16)13-28)12-27-8-7-21(22(24)23(27)29)32-14-18-4-5-19(25)11-20(18)26/h2-5,7-8,10-11H,6,9,12-14H2,1H3. The molecular weight excluding hydrogens is 474 g/mol. The van der Waals surface area contributed by atoms with E-state index in [0.717, 1.165) is 28.8 Å². The van der Waals surface area contributed by atoms with Gasteiger partial charge >= 0.3 is 0 Å². The number of sulfonamides is 1. The molecule has 2 heterocycles. The van der Waals surface area contributed by atoms with E-state index in [2.05, 4.69) is 0 Å². The van der Waals surface area contributed by atoms with Gasteiger partial charge in [0, 0.05) is 30.9 Å². The minimum Gasteiger partial charge on any atom is -0.487 e. The average molecular weight is 495 g/mol. The number of rotatable bonds is 6. The summed E-state index contributed by atoms with van der Waals surface area (Å²) in [7, 11) is -3.24. The highest BCUT2D eigenvalue weighted by Crippen LogP contribution is 2.24. The quantitative estimate of drug-likeness (QED) is 0.523. The van der Waals surface area contributed by atoms with Gasteiger partial charge in [0.25, 0.3) is 5.56 Å². The second-order valence-electron chi connectivity index (χ2n) is 7.90. The van der Waals surface area contributed by atoms with Crippen LogP contribution in [0.25, 0.3) is 0 Å². The number of nitrogens with zero attached hydrogens (tertiary/aromatic N) is 2. The van der Waals surface area contributed by atoms with E-state index in [4.69, 9.17) is 16.3 Å². The van der Waals surface area contributed by atoms with Crippen LogP contribution in [0.3, 0.4) is 0 Å². The zero-order valence-electron chi connectivity index (χ0n) is 17.7.